The molecule has 0 saturated heterocycles. The van der Waals surface area contributed by atoms with Crippen LogP contribution in [-0.4, -0.2) is 13.2 Å². The van der Waals surface area contributed by atoms with Gasteiger partial charge in [0.1, 0.15) is 11.6 Å². The van der Waals surface area contributed by atoms with Gasteiger partial charge in [0.25, 0.3) is 0 Å². The fraction of sp³-hybridized carbons (Fsp3) is 0.455. The van der Waals surface area contributed by atoms with Gasteiger partial charge in [0.2, 0.25) is 0 Å². The van der Waals surface area contributed by atoms with Crippen LogP contribution in [0.25, 0.3) is 0 Å². The number of hydrogen-bond acceptors (Lipinski definition) is 4. The van der Waals surface area contributed by atoms with Crippen LogP contribution >= 0.6 is 19.2 Å². The van der Waals surface area contributed by atoms with Gasteiger partial charge in [-0.3, -0.25) is 4.57 Å². The molecule has 0 bridgehead atoms. The van der Waals surface area contributed by atoms with Crippen molar-refractivity contribution in [3.63, 3.8) is 0 Å². The first-order chi connectivity index (χ1) is 8.46. The molecule has 0 aliphatic carbocycles. The Balaban J connectivity index is 3.17. The summed E-state index contributed by atoms with van der Waals surface area (Å²) in [5.74, 6) is -1.87. The van der Waals surface area contributed by atoms with E-state index in [9.17, 15) is 8.96 Å². The molecule has 0 spiro atoms. The molecule has 102 valence electrons. The summed E-state index contributed by atoms with van der Waals surface area (Å²) in [4.78, 5) is 0. The summed E-state index contributed by atoms with van der Waals surface area (Å²) in [7, 11) is -3.63. The van der Waals surface area contributed by atoms with Gasteiger partial charge in [-0.15, -0.1) is 0 Å². The molecule has 0 radical (unpaired) electrons. The predicted molar refractivity (Wildman–Crippen MR) is 69.2 cm³/mol. The number of nitrogens with two attached hydrogens (primary N) is 1. The lowest BCUT2D eigenvalue weighted by Gasteiger charge is -2.24. The molecule has 0 aromatic heterocycles. The van der Waals surface area contributed by atoms with E-state index >= 15 is 0 Å². The Kier molecular flexibility index (Phi) is 5.76. The highest BCUT2D eigenvalue weighted by molar-refractivity contribution is 7.54. The number of hydrogen-bond donors (Lipinski definition) is 1. The second-order valence-corrected chi connectivity index (χ2v) is 6.02. The summed E-state index contributed by atoms with van der Waals surface area (Å²) in [6.45, 7) is 3.61. The highest BCUT2D eigenvalue weighted by Gasteiger charge is 2.36. The molecule has 0 unspecified atom stereocenters. The van der Waals surface area contributed by atoms with Gasteiger partial charge < -0.3 is 14.8 Å². The van der Waals surface area contributed by atoms with Crippen molar-refractivity contribution in [2.45, 2.75) is 19.6 Å². The topological polar surface area (TPSA) is 61.5 Å². The summed E-state index contributed by atoms with van der Waals surface area (Å²) in [5, 5.41) is 0.0992. The Bertz CT molecular complexity index is 428. The Morgan fingerprint density at radius 2 is 1.94 bits per heavy atom. The lowest BCUT2D eigenvalue weighted by Crippen LogP contribution is -2.17. The van der Waals surface area contributed by atoms with E-state index in [-0.39, 0.29) is 23.8 Å². The largest absolute Gasteiger partial charge is 0.351 e. The molecule has 7 heteroatoms. The van der Waals surface area contributed by atoms with E-state index in [1.807, 2.05) is 0 Å². The first-order valence-corrected chi connectivity index (χ1v) is 7.53. The lowest BCUT2D eigenvalue weighted by atomic mass is 10.2. The van der Waals surface area contributed by atoms with E-state index in [0.29, 0.717) is 0 Å². The van der Waals surface area contributed by atoms with Crippen LogP contribution in [0.1, 0.15) is 25.2 Å². The molecular formula is C11H16ClFNO3P. The predicted octanol–water partition coefficient (Wildman–Crippen LogP) is 3.70. The van der Waals surface area contributed by atoms with Crippen LogP contribution in [0.15, 0.2) is 18.2 Å². The maximum Gasteiger partial charge on any atom is 0.351 e. The van der Waals surface area contributed by atoms with Gasteiger partial charge in [0.05, 0.1) is 13.2 Å². The van der Waals surface area contributed by atoms with Crippen molar-refractivity contribution in [2.24, 2.45) is 5.73 Å². The van der Waals surface area contributed by atoms with Gasteiger partial charge in [-0.1, -0.05) is 17.7 Å². The smallest absolute Gasteiger partial charge is 0.314 e. The zero-order valence-corrected chi connectivity index (χ0v) is 11.9. The van der Waals surface area contributed by atoms with Gasteiger partial charge >= 0.3 is 7.60 Å². The number of halogens is 2. The zero-order valence-electron chi connectivity index (χ0n) is 10.2. The van der Waals surface area contributed by atoms with Gasteiger partial charge in [-0.2, -0.15) is 0 Å². The monoisotopic (exact) mass is 295 g/mol. The molecule has 0 aliphatic heterocycles. The minimum atomic E-state index is -3.63. The van der Waals surface area contributed by atoms with Gasteiger partial charge in [0.15, 0.2) is 0 Å². The molecule has 0 heterocycles. The number of rotatable bonds is 6. The van der Waals surface area contributed by atoms with Crippen LogP contribution in [-0.2, 0) is 13.6 Å². The van der Waals surface area contributed by atoms with Crippen LogP contribution in [0.4, 0.5) is 4.39 Å². The third-order valence-corrected chi connectivity index (χ3v) is 4.76. The van der Waals surface area contributed by atoms with E-state index in [1.165, 1.54) is 18.2 Å². The summed E-state index contributed by atoms with van der Waals surface area (Å²) in [5.41, 5.74) is 5.76. The Hall–Kier alpha value is -0.450. The molecule has 0 saturated carbocycles. The first kappa shape index (κ1) is 15.6. The molecule has 2 N–H and O–H groups in total. The lowest BCUT2D eigenvalue weighted by molar-refractivity contribution is 0.212. The maximum atomic E-state index is 13.7. The van der Waals surface area contributed by atoms with E-state index in [0.717, 1.165) is 0 Å². The Morgan fingerprint density at radius 3 is 2.39 bits per heavy atom. The molecular weight excluding hydrogens is 280 g/mol. The second-order valence-electron chi connectivity index (χ2n) is 3.46. The molecule has 4 nitrogen and oxygen atoms in total. The fourth-order valence-electron chi connectivity index (χ4n) is 1.51. The molecule has 1 aromatic carbocycles. The molecule has 0 amide bonds. The van der Waals surface area contributed by atoms with Gasteiger partial charge in [-0.25, -0.2) is 4.39 Å². The summed E-state index contributed by atoms with van der Waals surface area (Å²) >= 11 is 5.88. The van der Waals surface area contributed by atoms with Crippen molar-refractivity contribution in [3.05, 3.63) is 34.6 Å². The average Bonchev–Trinajstić information content (AvgIpc) is 2.29. The first-order valence-electron chi connectivity index (χ1n) is 5.54. The van der Waals surface area contributed by atoms with E-state index in [4.69, 9.17) is 26.4 Å². The van der Waals surface area contributed by atoms with E-state index in [2.05, 4.69) is 0 Å². The third kappa shape index (κ3) is 3.31. The SMILES string of the molecule is CCOP(=O)(OCC)[C@H](N)c1c(F)cccc1Cl. The molecule has 18 heavy (non-hydrogen) atoms. The molecule has 1 atom stereocenters. The van der Waals surface area contributed by atoms with Crippen LogP contribution in [0.2, 0.25) is 5.02 Å². The standard InChI is InChI=1S/C11H16ClFNO3P/c1-3-16-18(15,17-4-2)11(14)10-8(12)6-5-7-9(10)13/h5-7,11H,3-4,14H2,1-2H3/t11-/m0/s1. The minimum Gasteiger partial charge on any atom is -0.314 e. The van der Waals surface area contributed by atoms with E-state index in [1.54, 1.807) is 13.8 Å². The van der Waals surface area contributed by atoms with Crippen molar-refractivity contribution in [1.29, 1.82) is 0 Å². The Labute approximate surface area is 111 Å². The van der Waals surface area contributed by atoms with Crippen molar-refractivity contribution >= 4 is 19.2 Å². The van der Waals surface area contributed by atoms with Crippen LogP contribution in [0, 0.1) is 5.82 Å². The average molecular weight is 296 g/mol. The molecule has 1 aromatic rings. The van der Waals surface area contributed by atoms with E-state index < -0.39 is 19.2 Å². The van der Waals surface area contributed by atoms with Crippen LogP contribution in [0.5, 0.6) is 0 Å². The highest BCUT2D eigenvalue weighted by Crippen LogP contribution is 2.59. The van der Waals surface area contributed by atoms with Crippen molar-refractivity contribution in [1.82, 2.24) is 0 Å². The molecule has 1 rings (SSSR count). The summed E-state index contributed by atoms with van der Waals surface area (Å²) in [6.07, 6.45) is 0. The minimum absolute atomic E-state index is 0.0515. The van der Waals surface area contributed by atoms with Crippen molar-refractivity contribution < 1.29 is 18.0 Å². The normalized spacial score (nSPS) is 13.6. The number of benzene rings is 1. The van der Waals surface area contributed by atoms with Gasteiger partial charge in [0, 0.05) is 10.6 Å². The quantitative estimate of drug-likeness (QED) is 0.813. The summed E-state index contributed by atoms with van der Waals surface area (Å²) < 4.78 is 36.3. The van der Waals surface area contributed by atoms with Crippen molar-refractivity contribution in [3.8, 4) is 0 Å². The zero-order chi connectivity index (χ0) is 13.8. The van der Waals surface area contributed by atoms with Crippen molar-refractivity contribution in [2.75, 3.05) is 13.2 Å². The summed E-state index contributed by atoms with van der Waals surface area (Å²) in [6, 6.07) is 4.12. The highest BCUT2D eigenvalue weighted by atomic mass is 35.5. The second kappa shape index (κ2) is 6.64. The maximum absolute atomic E-state index is 13.7. The Morgan fingerprint density at radius 1 is 1.39 bits per heavy atom. The molecule has 0 fully saturated rings. The van der Waals surface area contributed by atoms with Crippen LogP contribution in [0.3, 0.4) is 0 Å². The van der Waals surface area contributed by atoms with Gasteiger partial charge in [-0.05, 0) is 26.0 Å². The van der Waals surface area contributed by atoms with Crippen LogP contribution < -0.4 is 5.73 Å². The third-order valence-electron chi connectivity index (χ3n) is 2.25. The molecule has 0 aliphatic rings. The fourth-order valence-corrected chi connectivity index (χ4v) is 3.56.